The average Bonchev–Trinajstić information content (AvgIpc) is 2.96. The fourth-order valence-electron chi connectivity index (χ4n) is 1.69. The molecule has 0 aliphatic heterocycles. The predicted molar refractivity (Wildman–Crippen MR) is 82.6 cm³/mol. The van der Waals surface area contributed by atoms with Crippen LogP contribution < -0.4 is 16.8 Å². The molecule has 0 aliphatic carbocycles. The minimum Gasteiger partial charge on any atom is -0.431 e. The normalized spacial score (nSPS) is 11.6. The van der Waals surface area contributed by atoms with Crippen LogP contribution in [0, 0.1) is 0 Å². The third-order valence-corrected chi connectivity index (χ3v) is 2.81. The first kappa shape index (κ1) is 15.0. The molecule has 7 nitrogen and oxygen atoms in total. The number of oxazole rings is 1. The number of rotatable bonds is 6. The molecule has 21 heavy (non-hydrogen) atoms. The van der Waals surface area contributed by atoms with Gasteiger partial charge in [0.05, 0.1) is 11.4 Å². The molecule has 0 radical (unpaired) electrons. The molecule has 5 N–H and O–H groups in total. The summed E-state index contributed by atoms with van der Waals surface area (Å²) in [4.78, 5) is 12.8. The van der Waals surface area contributed by atoms with Crippen LogP contribution in [0.5, 0.6) is 0 Å². The third-order valence-electron chi connectivity index (χ3n) is 2.81. The van der Waals surface area contributed by atoms with Crippen LogP contribution in [-0.2, 0) is 6.54 Å². The summed E-state index contributed by atoms with van der Waals surface area (Å²) in [7, 11) is 0. The fourth-order valence-corrected chi connectivity index (χ4v) is 1.69. The minimum absolute atomic E-state index is 0.292. The average molecular weight is 288 g/mol. The van der Waals surface area contributed by atoms with Crippen molar-refractivity contribution in [2.45, 2.75) is 26.3 Å². The number of nitrogens with one attached hydrogen (secondary N) is 1. The van der Waals surface area contributed by atoms with Crippen LogP contribution in [0.15, 0.2) is 33.9 Å². The number of aromatic nitrogens is 2. The molecule has 0 aliphatic rings. The Morgan fingerprint density at radius 1 is 1.33 bits per heavy atom. The lowest BCUT2D eigenvalue weighted by Gasteiger charge is -2.00. The van der Waals surface area contributed by atoms with Crippen molar-refractivity contribution in [3.05, 3.63) is 30.2 Å². The van der Waals surface area contributed by atoms with Gasteiger partial charge in [-0.05, 0) is 18.6 Å². The Kier molecular flexibility index (Phi) is 5.28. The summed E-state index contributed by atoms with van der Waals surface area (Å²) in [5, 5.41) is 2.82. The lowest BCUT2D eigenvalue weighted by Crippen LogP contribution is -2.23. The maximum Gasteiger partial charge on any atom is 0.302 e. The number of anilines is 1. The zero-order valence-electron chi connectivity index (χ0n) is 12.0. The number of unbranched alkanes of at least 4 members (excludes halogenated alkanes) is 1. The number of hydrogen-bond donors (Lipinski definition) is 3. The van der Waals surface area contributed by atoms with E-state index in [1.165, 1.54) is 6.26 Å². The smallest absolute Gasteiger partial charge is 0.302 e. The van der Waals surface area contributed by atoms with E-state index in [1.54, 1.807) is 0 Å². The summed E-state index contributed by atoms with van der Waals surface area (Å²) in [5.41, 5.74) is 13.4. The molecular weight excluding hydrogens is 268 g/mol. The Hall–Kier alpha value is -2.41. The van der Waals surface area contributed by atoms with Gasteiger partial charge in [-0.1, -0.05) is 19.4 Å². The van der Waals surface area contributed by atoms with Gasteiger partial charge in [0, 0.05) is 13.1 Å². The van der Waals surface area contributed by atoms with Crippen molar-refractivity contribution >= 4 is 12.0 Å². The quantitative estimate of drug-likeness (QED) is 0.423. The van der Waals surface area contributed by atoms with Crippen LogP contribution in [0.4, 0.5) is 6.01 Å². The molecule has 2 aromatic rings. The van der Waals surface area contributed by atoms with Gasteiger partial charge in [-0.15, -0.1) is 0 Å². The molecule has 0 fully saturated rings. The SMILES string of the molecule is CCCCN=C(N)Nc1nc(-c2cccc(CN)n2)co1. The van der Waals surface area contributed by atoms with Gasteiger partial charge in [-0.25, -0.2) is 4.98 Å². The third kappa shape index (κ3) is 4.28. The summed E-state index contributed by atoms with van der Waals surface area (Å²) in [6.07, 6.45) is 3.59. The van der Waals surface area contributed by atoms with Crippen molar-refractivity contribution in [3.8, 4) is 11.4 Å². The van der Waals surface area contributed by atoms with Gasteiger partial charge in [-0.2, -0.15) is 4.98 Å². The van der Waals surface area contributed by atoms with E-state index < -0.39 is 0 Å². The fraction of sp³-hybridized carbons (Fsp3) is 0.357. The topological polar surface area (TPSA) is 115 Å². The standard InChI is InChI=1S/C14H20N6O/c1-2-3-7-17-13(16)20-14-19-12(9-21-14)11-6-4-5-10(8-15)18-11/h4-6,9H,2-3,7-8,15H2,1H3,(H3,16,17,19,20). The van der Waals surface area contributed by atoms with Gasteiger partial charge in [-0.3, -0.25) is 10.3 Å². The van der Waals surface area contributed by atoms with Crippen LogP contribution in [0.3, 0.4) is 0 Å². The number of pyridine rings is 1. The first-order valence-electron chi connectivity index (χ1n) is 6.91. The van der Waals surface area contributed by atoms with Crippen molar-refractivity contribution in [3.63, 3.8) is 0 Å². The highest BCUT2D eigenvalue weighted by molar-refractivity contribution is 5.90. The van der Waals surface area contributed by atoms with Gasteiger partial charge in [0.25, 0.3) is 0 Å². The monoisotopic (exact) mass is 288 g/mol. The zero-order chi connectivity index (χ0) is 15.1. The maximum atomic E-state index is 5.75. The number of hydrogen-bond acceptors (Lipinski definition) is 5. The van der Waals surface area contributed by atoms with Crippen LogP contribution in [0.1, 0.15) is 25.5 Å². The van der Waals surface area contributed by atoms with E-state index in [4.69, 9.17) is 15.9 Å². The molecule has 2 heterocycles. The Morgan fingerprint density at radius 2 is 2.19 bits per heavy atom. The molecule has 0 saturated heterocycles. The minimum atomic E-state index is 0.292. The predicted octanol–water partition coefficient (Wildman–Crippen LogP) is 1.72. The molecule has 7 heteroatoms. The largest absolute Gasteiger partial charge is 0.431 e. The molecule has 0 spiro atoms. The van der Waals surface area contributed by atoms with E-state index in [0.717, 1.165) is 18.5 Å². The van der Waals surface area contributed by atoms with Crippen molar-refractivity contribution in [2.24, 2.45) is 16.5 Å². The van der Waals surface area contributed by atoms with E-state index >= 15 is 0 Å². The molecule has 0 amide bonds. The van der Waals surface area contributed by atoms with E-state index in [0.29, 0.717) is 36.5 Å². The van der Waals surface area contributed by atoms with E-state index in [1.807, 2.05) is 18.2 Å². The molecule has 0 atom stereocenters. The molecule has 0 unspecified atom stereocenters. The van der Waals surface area contributed by atoms with Gasteiger partial charge < -0.3 is 15.9 Å². The number of nitrogens with two attached hydrogens (primary N) is 2. The Balaban J connectivity index is 2.05. The van der Waals surface area contributed by atoms with E-state index in [-0.39, 0.29) is 0 Å². The van der Waals surface area contributed by atoms with E-state index in [9.17, 15) is 0 Å². The molecular formula is C14H20N6O. The Morgan fingerprint density at radius 3 is 2.95 bits per heavy atom. The molecule has 0 bridgehead atoms. The van der Waals surface area contributed by atoms with Crippen molar-refractivity contribution in [1.29, 1.82) is 0 Å². The van der Waals surface area contributed by atoms with Gasteiger partial charge in [0.1, 0.15) is 12.0 Å². The van der Waals surface area contributed by atoms with E-state index in [2.05, 4.69) is 27.2 Å². The van der Waals surface area contributed by atoms with Crippen LogP contribution in [0.25, 0.3) is 11.4 Å². The summed E-state index contributed by atoms with van der Waals surface area (Å²) in [6.45, 7) is 3.17. The first-order chi connectivity index (χ1) is 10.2. The second-order valence-corrected chi connectivity index (χ2v) is 4.50. The van der Waals surface area contributed by atoms with Gasteiger partial charge >= 0.3 is 6.01 Å². The highest BCUT2D eigenvalue weighted by Crippen LogP contribution is 2.18. The summed E-state index contributed by atoms with van der Waals surface area (Å²) in [5.74, 6) is 0.292. The van der Waals surface area contributed by atoms with Crippen molar-refractivity contribution in [2.75, 3.05) is 11.9 Å². The zero-order valence-corrected chi connectivity index (χ0v) is 12.0. The summed E-state index contributed by atoms with van der Waals surface area (Å²) < 4.78 is 5.32. The lowest BCUT2D eigenvalue weighted by atomic mass is 10.2. The second kappa shape index (κ2) is 7.39. The highest BCUT2D eigenvalue weighted by atomic mass is 16.4. The number of guanidine groups is 1. The van der Waals surface area contributed by atoms with Crippen LogP contribution in [-0.4, -0.2) is 22.5 Å². The summed E-state index contributed by atoms with van der Waals surface area (Å²) >= 11 is 0. The molecule has 2 aromatic heterocycles. The van der Waals surface area contributed by atoms with Crippen LogP contribution >= 0.6 is 0 Å². The maximum absolute atomic E-state index is 5.75. The molecule has 0 aromatic carbocycles. The molecule has 0 saturated carbocycles. The first-order valence-corrected chi connectivity index (χ1v) is 6.91. The van der Waals surface area contributed by atoms with Gasteiger partial charge in [0.15, 0.2) is 5.96 Å². The number of aliphatic imine (C=N–C) groups is 1. The Labute approximate surface area is 123 Å². The van der Waals surface area contributed by atoms with Crippen LogP contribution in [0.2, 0.25) is 0 Å². The van der Waals surface area contributed by atoms with Crippen molar-refractivity contribution < 1.29 is 4.42 Å². The highest BCUT2D eigenvalue weighted by Gasteiger charge is 2.08. The Bertz CT molecular complexity index is 607. The summed E-state index contributed by atoms with van der Waals surface area (Å²) in [6, 6.07) is 5.88. The molecule has 112 valence electrons. The molecule has 2 rings (SSSR count). The van der Waals surface area contributed by atoms with Gasteiger partial charge in [0.2, 0.25) is 0 Å². The number of nitrogens with zero attached hydrogens (tertiary/aromatic N) is 3. The lowest BCUT2D eigenvalue weighted by molar-refractivity contribution is 0.579. The second-order valence-electron chi connectivity index (χ2n) is 4.50. The van der Waals surface area contributed by atoms with Crippen molar-refractivity contribution in [1.82, 2.24) is 9.97 Å².